The SMILES string of the molecule is CC.CC(C)c1cc(F)c(Cc2cccc(Oc3ccccc3)c2)c(P)c1. The molecule has 27 heavy (non-hydrogen) atoms. The second-order valence-electron chi connectivity index (χ2n) is 6.46. The van der Waals surface area contributed by atoms with Crippen LogP contribution < -0.4 is 10.0 Å². The Morgan fingerprint density at radius 2 is 1.56 bits per heavy atom. The molecule has 0 aliphatic rings. The van der Waals surface area contributed by atoms with E-state index in [0.29, 0.717) is 17.9 Å². The molecule has 3 rings (SSSR count). The van der Waals surface area contributed by atoms with Crippen molar-refractivity contribution in [2.75, 3.05) is 0 Å². The highest BCUT2D eigenvalue weighted by atomic mass is 31.0. The molecule has 1 atom stereocenters. The Hall–Kier alpha value is -2.18. The van der Waals surface area contributed by atoms with Gasteiger partial charge in [-0.05, 0) is 58.2 Å². The molecule has 1 unspecified atom stereocenters. The molecule has 0 heterocycles. The highest BCUT2D eigenvalue weighted by Gasteiger charge is 2.11. The predicted octanol–water partition coefficient (Wildman–Crippen LogP) is 6.86. The molecule has 0 aromatic heterocycles. The minimum atomic E-state index is -0.148. The van der Waals surface area contributed by atoms with E-state index in [1.54, 1.807) is 6.07 Å². The number of hydrogen-bond donors (Lipinski definition) is 0. The number of ether oxygens (including phenoxy) is 1. The third-order valence-corrected chi connectivity index (χ3v) is 4.69. The van der Waals surface area contributed by atoms with E-state index in [4.69, 9.17) is 4.74 Å². The number of para-hydroxylation sites is 1. The van der Waals surface area contributed by atoms with Crippen LogP contribution in [0.2, 0.25) is 0 Å². The summed E-state index contributed by atoms with van der Waals surface area (Å²) >= 11 is 0. The van der Waals surface area contributed by atoms with Gasteiger partial charge in [0.1, 0.15) is 17.3 Å². The number of hydrogen-bond acceptors (Lipinski definition) is 1. The Kier molecular flexibility index (Phi) is 8.00. The third kappa shape index (κ3) is 5.91. The summed E-state index contributed by atoms with van der Waals surface area (Å²) in [6, 6.07) is 21.2. The minimum absolute atomic E-state index is 0.148. The molecule has 142 valence electrons. The van der Waals surface area contributed by atoms with Crippen LogP contribution in [0.25, 0.3) is 0 Å². The lowest BCUT2D eigenvalue weighted by molar-refractivity contribution is 0.482. The highest BCUT2D eigenvalue weighted by Crippen LogP contribution is 2.25. The first-order valence-corrected chi connectivity index (χ1v) is 10.0. The van der Waals surface area contributed by atoms with Crippen LogP contribution in [0.3, 0.4) is 0 Å². The average Bonchev–Trinajstić information content (AvgIpc) is 2.67. The molecule has 3 aromatic rings. The lowest BCUT2D eigenvalue weighted by atomic mass is 9.98. The number of benzene rings is 3. The van der Waals surface area contributed by atoms with Crippen molar-refractivity contribution in [3.05, 3.63) is 89.2 Å². The Morgan fingerprint density at radius 1 is 0.889 bits per heavy atom. The summed E-state index contributed by atoms with van der Waals surface area (Å²) in [5, 5.41) is 0.915. The summed E-state index contributed by atoms with van der Waals surface area (Å²) in [6.45, 7) is 8.14. The number of halogens is 1. The zero-order valence-corrected chi connectivity index (χ0v) is 17.7. The Bertz CT molecular complexity index is 836. The zero-order chi connectivity index (χ0) is 19.8. The molecule has 0 fully saturated rings. The van der Waals surface area contributed by atoms with E-state index in [2.05, 4.69) is 29.2 Å². The first-order chi connectivity index (χ1) is 13.0. The van der Waals surface area contributed by atoms with E-state index in [1.807, 2.05) is 68.4 Å². The summed E-state index contributed by atoms with van der Waals surface area (Å²) in [7, 11) is 2.67. The largest absolute Gasteiger partial charge is 0.457 e. The molecule has 0 aliphatic carbocycles. The fourth-order valence-electron chi connectivity index (χ4n) is 2.75. The quantitative estimate of drug-likeness (QED) is 0.438. The third-order valence-electron chi connectivity index (χ3n) is 4.18. The summed E-state index contributed by atoms with van der Waals surface area (Å²) in [6.07, 6.45) is 0.537. The van der Waals surface area contributed by atoms with Gasteiger partial charge in [0.2, 0.25) is 0 Å². The van der Waals surface area contributed by atoms with Crippen molar-refractivity contribution in [3.8, 4) is 11.5 Å². The van der Waals surface area contributed by atoms with Crippen molar-refractivity contribution in [2.24, 2.45) is 0 Å². The molecule has 0 aliphatic heterocycles. The van der Waals surface area contributed by atoms with Crippen LogP contribution in [0.1, 0.15) is 50.3 Å². The first kappa shape index (κ1) is 21.1. The molecule has 0 radical (unpaired) electrons. The number of rotatable bonds is 5. The van der Waals surface area contributed by atoms with Gasteiger partial charge in [-0.3, -0.25) is 0 Å². The van der Waals surface area contributed by atoms with Crippen molar-refractivity contribution in [1.29, 1.82) is 0 Å². The second kappa shape index (κ2) is 10.2. The van der Waals surface area contributed by atoms with Gasteiger partial charge in [0.05, 0.1) is 0 Å². The molecule has 0 amide bonds. The fraction of sp³-hybridized carbons (Fsp3) is 0.250. The minimum Gasteiger partial charge on any atom is -0.457 e. The maximum absolute atomic E-state index is 14.6. The molecule has 3 aromatic carbocycles. The van der Waals surface area contributed by atoms with Gasteiger partial charge >= 0.3 is 0 Å². The van der Waals surface area contributed by atoms with Crippen LogP contribution in [0.4, 0.5) is 4.39 Å². The predicted molar refractivity (Wildman–Crippen MR) is 117 cm³/mol. The summed E-state index contributed by atoms with van der Waals surface area (Å²) in [5.74, 6) is 1.71. The van der Waals surface area contributed by atoms with E-state index in [1.165, 1.54) is 0 Å². The molecular weight excluding hydrogens is 354 g/mol. The average molecular weight is 382 g/mol. The Labute approximate surface area is 164 Å². The fourth-order valence-corrected chi connectivity index (χ4v) is 3.18. The van der Waals surface area contributed by atoms with Gasteiger partial charge in [-0.25, -0.2) is 4.39 Å². The summed E-state index contributed by atoms with van der Waals surface area (Å²) in [4.78, 5) is 0. The van der Waals surface area contributed by atoms with E-state index < -0.39 is 0 Å². The van der Waals surface area contributed by atoms with E-state index in [-0.39, 0.29) is 5.82 Å². The molecule has 0 N–H and O–H groups in total. The summed E-state index contributed by atoms with van der Waals surface area (Å²) < 4.78 is 20.4. The van der Waals surface area contributed by atoms with Crippen LogP contribution in [0.5, 0.6) is 11.5 Å². The molecule has 3 heteroatoms. The van der Waals surface area contributed by atoms with Gasteiger partial charge in [0, 0.05) is 6.42 Å². The normalized spacial score (nSPS) is 10.3. The van der Waals surface area contributed by atoms with Crippen molar-refractivity contribution in [2.45, 2.75) is 40.0 Å². The Morgan fingerprint density at radius 3 is 2.19 bits per heavy atom. The van der Waals surface area contributed by atoms with E-state index in [0.717, 1.165) is 27.9 Å². The van der Waals surface area contributed by atoms with Crippen LogP contribution in [-0.2, 0) is 6.42 Å². The van der Waals surface area contributed by atoms with Crippen molar-refractivity contribution in [3.63, 3.8) is 0 Å². The second-order valence-corrected chi connectivity index (χ2v) is 7.09. The van der Waals surface area contributed by atoms with E-state index in [9.17, 15) is 4.39 Å². The smallest absolute Gasteiger partial charge is 0.127 e. The molecular formula is C24H28FOP. The lowest BCUT2D eigenvalue weighted by Crippen LogP contribution is -2.09. The van der Waals surface area contributed by atoms with Gasteiger partial charge in [-0.1, -0.05) is 64.1 Å². The summed E-state index contributed by atoms with van der Waals surface area (Å²) in [5.41, 5.74) is 2.76. The maximum Gasteiger partial charge on any atom is 0.127 e. The monoisotopic (exact) mass is 382 g/mol. The molecule has 0 saturated heterocycles. The van der Waals surface area contributed by atoms with Gasteiger partial charge < -0.3 is 4.74 Å². The molecule has 1 nitrogen and oxygen atoms in total. The molecule has 0 saturated carbocycles. The van der Waals surface area contributed by atoms with Crippen LogP contribution in [0.15, 0.2) is 66.7 Å². The first-order valence-electron chi connectivity index (χ1n) is 9.42. The van der Waals surface area contributed by atoms with Crippen molar-refractivity contribution in [1.82, 2.24) is 0 Å². The van der Waals surface area contributed by atoms with Crippen LogP contribution in [0, 0.1) is 5.82 Å². The van der Waals surface area contributed by atoms with Crippen molar-refractivity contribution < 1.29 is 9.13 Å². The maximum atomic E-state index is 14.6. The Balaban J connectivity index is 0.00000126. The standard InChI is InChI=1S/C22H22FOP.C2H6/c1-15(2)17-13-21(23)20(22(25)14-17)12-16-7-6-10-19(11-16)24-18-8-4-3-5-9-18;1-2/h3-11,13-15H,12,25H2,1-2H3;1-2H3. The molecule has 0 spiro atoms. The van der Waals surface area contributed by atoms with Gasteiger partial charge in [-0.2, -0.15) is 0 Å². The van der Waals surface area contributed by atoms with Gasteiger partial charge in [0.25, 0.3) is 0 Å². The van der Waals surface area contributed by atoms with Crippen molar-refractivity contribution >= 4 is 14.5 Å². The topological polar surface area (TPSA) is 9.23 Å². The van der Waals surface area contributed by atoms with Crippen LogP contribution >= 0.6 is 9.24 Å². The van der Waals surface area contributed by atoms with Crippen LogP contribution in [-0.4, -0.2) is 0 Å². The molecule has 0 bridgehead atoms. The zero-order valence-electron chi connectivity index (χ0n) is 16.5. The lowest BCUT2D eigenvalue weighted by Gasteiger charge is -2.13. The van der Waals surface area contributed by atoms with Gasteiger partial charge in [0.15, 0.2) is 0 Å². The van der Waals surface area contributed by atoms with Gasteiger partial charge in [-0.15, -0.1) is 9.24 Å². The highest BCUT2D eigenvalue weighted by molar-refractivity contribution is 7.27. The van der Waals surface area contributed by atoms with E-state index >= 15 is 0 Å².